The van der Waals surface area contributed by atoms with Gasteiger partial charge in [-0.3, -0.25) is 14.2 Å². The minimum absolute atomic E-state index is 0.134. The number of hydrogen-bond donors (Lipinski definition) is 1. The van der Waals surface area contributed by atoms with Crippen molar-refractivity contribution < 1.29 is 17.9 Å². The maximum absolute atomic E-state index is 13.0. The molecule has 0 aliphatic rings. The number of pyridine rings is 1. The zero-order chi connectivity index (χ0) is 24.3. The van der Waals surface area contributed by atoms with E-state index in [1.54, 1.807) is 92.2 Å². The van der Waals surface area contributed by atoms with E-state index >= 15 is 0 Å². The van der Waals surface area contributed by atoms with Gasteiger partial charge in [-0.25, -0.2) is 8.42 Å². The SMILES string of the molecule is COc1ccc(C(=O)Nc2cccn(-c3ccc(-c4ccccc4S(C)(=O)=O)cc3)c2=O)cc1. The van der Waals surface area contributed by atoms with Crippen molar-refractivity contribution in [2.45, 2.75) is 4.90 Å². The average Bonchev–Trinajstić information content (AvgIpc) is 2.85. The summed E-state index contributed by atoms with van der Waals surface area (Å²) in [5.41, 5.74) is 2.00. The number of rotatable bonds is 6. The fraction of sp³-hybridized carbons (Fsp3) is 0.0769. The highest BCUT2D eigenvalue weighted by atomic mass is 32.2. The largest absolute Gasteiger partial charge is 0.497 e. The molecule has 0 radical (unpaired) electrons. The molecule has 1 heterocycles. The van der Waals surface area contributed by atoms with Crippen molar-refractivity contribution in [3.8, 4) is 22.6 Å². The predicted molar refractivity (Wildman–Crippen MR) is 132 cm³/mol. The number of nitrogens with zero attached hydrogens (tertiary/aromatic N) is 1. The highest BCUT2D eigenvalue weighted by molar-refractivity contribution is 7.90. The molecule has 0 atom stereocenters. The quantitative estimate of drug-likeness (QED) is 0.453. The Labute approximate surface area is 197 Å². The standard InChI is InChI=1S/C26H22N2O5S/c1-33-21-15-11-19(12-16-21)25(29)27-23-7-5-17-28(26(23)30)20-13-9-18(10-14-20)22-6-3-4-8-24(22)34(2,31)32/h3-17H,1-2H3,(H,27,29). The molecule has 0 bridgehead atoms. The number of carbonyl (C=O) groups excluding carboxylic acids is 1. The Kier molecular flexibility index (Phi) is 6.34. The highest BCUT2D eigenvalue weighted by Crippen LogP contribution is 2.28. The summed E-state index contributed by atoms with van der Waals surface area (Å²) in [6, 6.07) is 23.5. The van der Waals surface area contributed by atoms with Crippen LogP contribution < -0.4 is 15.6 Å². The first-order valence-electron chi connectivity index (χ1n) is 10.3. The van der Waals surface area contributed by atoms with E-state index in [9.17, 15) is 18.0 Å². The van der Waals surface area contributed by atoms with Crippen LogP contribution >= 0.6 is 0 Å². The van der Waals surface area contributed by atoms with Crippen LogP contribution in [0.5, 0.6) is 5.75 Å². The molecule has 0 unspecified atom stereocenters. The Morgan fingerprint density at radius 2 is 1.56 bits per heavy atom. The van der Waals surface area contributed by atoms with Crippen molar-refractivity contribution in [2.24, 2.45) is 0 Å². The van der Waals surface area contributed by atoms with Crippen molar-refractivity contribution in [1.82, 2.24) is 4.57 Å². The minimum atomic E-state index is -3.40. The Morgan fingerprint density at radius 1 is 0.882 bits per heavy atom. The molecule has 34 heavy (non-hydrogen) atoms. The van der Waals surface area contributed by atoms with E-state index in [0.29, 0.717) is 28.1 Å². The number of aromatic nitrogens is 1. The third kappa shape index (κ3) is 4.77. The third-order valence-electron chi connectivity index (χ3n) is 5.29. The van der Waals surface area contributed by atoms with Crippen LogP contribution in [0.1, 0.15) is 10.4 Å². The van der Waals surface area contributed by atoms with E-state index in [-0.39, 0.29) is 10.6 Å². The molecular formula is C26H22N2O5S. The molecule has 3 aromatic carbocycles. The predicted octanol–water partition coefficient (Wildman–Crippen LogP) is 4.17. The molecule has 1 amide bonds. The van der Waals surface area contributed by atoms with Crippen LogP contribution in [0.2, 0.25) is 0 Å². The molecule has 0 spiro atoms. The summed E-state index contributed by atoms with van der Waals surface area (Å²) < 4.78 is 30.8. The van der Waals surface area contributed by atoms with Crippen LogP contribution in [-0.2, 0) is 9.84 Å². The maximum Gasteiger partial charge on any atom is 0.278 e. The first kappa shape index (κ1) is 23.0. The molecule has 172 valence electrons. The van der Waals surface area contributed by atoms with E-state index in [2.05, 4.69) is 5.32 Å². The Balaban J connectivity index is 1.62. The molecule has 8 heteroatoms. The van der Waals surface area contributed by atoms with Crippen molar-refractivity contribution in [2.75, 3.05) is 18.7 Å². The molecule has 0 saturated carbocycles. The van der Waals surface area contributed by atoms with Gasteiger partial charge in [0, 0.05) is 29.3 Å². The smallest absolute Gasteiger partial charge is 0.278 e. The zero-order valence-electron chi connectivity index (χ0n) is 18.6. The van der Waals surface area contributed by atoms with Crippen LogP contribution in [0.4, 0.5) is 5.69 Å². The van der Waals surface area contributed by atoms with Crippen LogP contribution in [0.15, 0.2) is 101 Å². The number of methoxy groups -OCH3 is 1. The highest BCUT2D eigenvalue weighted by Gasteiger charge is 2.15. The monoisotopic (exact) mass is 474 g/mol. The first-order valence-corrected chi connectivity index (χ1v) is 12.2. The normalized spacial score (nSPS) is 11.1. The van der Waals surface area contributed by atoms with Gasteiger partial charge < -0.3 is 10.1 Å². The number of amides is 1. The van der Waals surface area contributed by atoms with Gasteiger partial charge in [-0.2, -0.15) is 0 Å². The lowest BCUT2D eigenvalue weighted by Gasteiger charge is -2.12. The van der Waals surface area contributed by atoms with Gasteiger partial charge in [0.25, 0.3) is 11.5 Å². The molecule has 0 aliphatic carbocycles. The summed E-state index contributed by atoms with van der Waals surface area (Å²) in [6.45, 7) is 0. The van der Waals surface area contributed by atoms with Crippen molar-refractivity contribution in [1.29, 1.82) is 0 Å². The number of carbonyl (C=O) groups is 1. The molecular weight excluding hydrogens is 452 g/mol. The number of ether oxygens (including phenoxy) is 1. The fourth-order valence-electron chi connectivity index (χ4n) is 3.56. The second-order valence-corrected chi connectivity index (χ2v) is 9.58. The van der Waals surface area contributed by atoms with Crippen LogP contribution in [0.25, 0.3) is 16.8 Å². The Morgan fingerprint density at radius 3 is 2.21 bits per heavy atom. The molecule has 0 fully saturated rings. The lowest BCUT2D eigenvalue weighted by molar-refractivity contribution is 0.102. The molecule has 1 N–H and O–H groups in total. The summed E-state index contributed by atoms with van der Waals surface area (Å²) in [5.74, 6) is 0.214. The van der Waals surface area contributed by atoms with Crippen LogP contribution in [0.3, 0.4) is 0 Å². The van der Waals surface area contributed by atoms with E-state index in [0.717, 1.165) is 0 Å². The number of anilines is 1. The van der Waals surface area contributed by atoms with Gasteiger partial charge in [0.2, 0.25) is 0 Å². The van der Waals surface area contributed by atoms with Gasteiger partial charge in [0.15, 0.2) is 9.84 Å². The first-order chi connectivity index (χ1) is 16.3. The molecule has 0 aliphatic heterocycles. The van der Waals surface area contributed by atoms with E-state index < -0.39 is 21.3 Å². The second kappa shape index (κ2) is 9.36. The molecule has 4 rings (SSSR count). The van der Waals surface area contributed by atoms with E-state index in [1.807, 2.05) is 0 Å². The lowest BCUT2D eigenvalue weighted by atomic mass is 10.1. The van der Waals surface area contributed by atoms with Crippen molar-refractivity contribution in [3.63, 3.8) is 0 Å². The zero-order valence-corrected chi connectivity index (χ0v) is 19.4. The number of sulfone groups is 1. The van der Waals surface area contributed by atoms with Gasteiger partial charge in [0.05, 0.1) is 12.0 Å². The van der Waals surface area contributed by atoms with Gasteiger partial charge >= 0.3 is 0 Å². The summed E-state index contributed by atoms with van der Waals surface area (Å²) in [4.78, 5) is 25.8. The average molecular weight is 475 g/mol. The topological polar surface area (TPSA) is 94.5 Å². The minimum Gasteiger partial charge on any atom is -0.497 e. The molecule has 7 nitrogen and oxygen atoms in total. The molecule has 0 saturated heterocycles. The summed E-state index contributed by atoms with van der Waals surface area (Å²) in [7, 11) is -1.86. The van der Waals surface area contributed by atoms with Gasteiger partial charge in [-0.1, -0.05) is 30.3 Å². The number of hydrogen-bond acceptors (Lipinski definition) is 5. The molecule has 4 aromatic rings. The van der Waals surface area contributed by atoms with E-state index in [1.165, 1.54) is 16.9 Å². The summed E-state index contributed by atoms with van der Waals surface area (Å²) in [5, 5.41) is 2.66. The fourth-order valence-corrected chi connectivity index (χ4v) is 4.47. The van der Waals surface area contributed by atoms with Crippen LogP contribution in [-0.4, -0.2) is 32.3 Å². The summed E-state index contributed by atoms with van der Waals surface area (Å²) >= 11 is 0. The third-order valence-corrected chi connectivity index (χ3v) is 6.45. The Hall–Kier alpha value is -4.17. The maximum atomic E-state index is 13.0. The summed E-state index contributed by atoms with van der Waals surface area (Å²) in [6.07, 6.45) is 2.77. The molecule has 1 aromatic heterocycles. The second-order valence-electron chi connectivity index (χ2n) is 7.59. The van der Waals surface area contributed by atoms with Crippen molar-refractivity contribution in [3.05, 3.63) is 107 Å². The van der Waals surface area contributed by atoms with Crippen LogP contribution in [0, 0.1) is 0 Å². The lowest BCUT2D eigenvalue weighted by Crippen LogP contribution is -2.24. The van der Waals surface area contributed by atoms with Crippen molar-refractivity contribution >= 4 is 21.4 Å². The Bertz CT molecular complexity index is 1510. The van der Waals surface area contributed by atoms with Gasteiger partial charge in [-0.15, -0.1) is 0 Å². The van der Waals surface area contributed by atoms with E-state index in [4.69, 9.17) is 4.74 Å². The van der Waals surface area contributed by atoms with Gasteiger partial charge in [0.1, 0.15) is 11.4 Å². The van der Waals surface area contributed by atoms with Gasteiger partial charge in [-0.05, 0) is 60.2 Å². The number of nitrogens with one attached hydrogen (secondary N) is 1. The number of benzene rings is 3.